The second-order valence-corrected chi connectivity index (χ2v) is 10.3. The lowest BCUT2D eigenvalue weighted by Crippen LogP contribution is -2.49. The molecule has 0 spiro atoms. The molecule has 0 radical (unpaired) electrons. The summed E-state index contributed by atoms with van der Waals surface area (Å²) in [6.45, 7) is 7.61. The SMILES string of the molecule is CCCCCCCCCCCCCCCCSCC(C)[N+]1(C)CCCC1. The first-order valence-electron chi connectivity index (χ1n) is 12.1. The Morgan fingerprint density at radius 3 is 1.58 bits per heavy atom. The molecule has 0 aromatic heterocycles. The lowest BCUT2D eigenvalue weighted by molar-refractivity contribution is -0.917. The quantitative estimate of drug-likeness (QED) is 0.171. The van der Waals surface area contributed by atoms with Crippen molar-refractivity contribution in [3.63, 3.8) is 0 Å². The number of nitrogens with zero attached hydrogens (tertiary/aromatic N) is 1. The summed E-state index contributed by atoms with van der Waals surface area (Å²) in [5, 5.41) is 0. The van der Waals surface area contributed by atoms with Crippen molar-refractivity contribution in [2.24, 2.45) is 0 Å². The lowest BCUT2D eigenvalue weighted by Gasteiger charge is -2.35. The van der Waals surface area contributed by atoms with Crippen LogP contribution in [0.25, 0.3) is 0 Å². The van der Waals surface area contributed by atoms with E-state index in [0.29, 0.717) is 0 Å². The van der Waals surface area contributed by atoms with Crippen LogP contribution in [0, 0.1) is 0 Å². The maximum absolute atomic E-state index is 2.48. The molecule has 0 aliphatic carbocycles. The fourth-order valence-corrected chi connectivity index (χ4v) is 5.61. The fourth-order valence-electron chi connectivity index (χ4n) is 4.33. The van der Waals surface area contributed by atoms with Gasteiger partial charge in [-0.05, 0) is 19.1 Å². The molecule has 0 aromatic carbocycles. The van der Waals surface area contributed by atoms with Crippen LogP contribution in [0.5, 0.6) is 0 Å². The summed E-state index contributed by atoms with van der Waals surface area (Å²) in [5.74, 6) is 2.76. The molecule has 1 atom stereocenters. The zero-order valence-corrected chi connectivity index (χ0v) is 19.4. The molecule has 0 aromatic rings. The van der Waals surface area contributed by atoms with Gasteiger partial charge in [0.2, 0.25) is 0 Å². The van der Waals surface area contributed by atoms with Gasteiger partial charge in [-0.2, -0.15) is 11.8 Å². The van der Waals surface area contributed by atoms with Gasteiger partial charge in [-0.15, -0.1) is 0 Å². The van der Waals surface area contributed by atoms with Gasteiger partial charge in [-0.3, -0.25) is 0 Å². The van der Waals surface area contributed by atoms with Gasteiger partial charge in [0.05, 0.1) is 26.2 Å². The molecule has 0 saturated carbocycles. The van der Waals surface area contributed by atoms with Crippen LogP contribution in [-0.4, -0.2) is 42.2 Å². The predicted octanol–water partition coefficient (Wildman–Crippen LogP) is 7.83. The Bertz CT molecular complexity index is 299. The van der Waals surface area contributed by atoms with E-state index in [0.717, 1.165) is 6.04 Å². The first kappa shape index (κ1) is 24.3. The Hall–Kier alpha value is 0.310. The topological polar surface area (TPSA) is 0 Å². The summed E-state index contributed by atoms with van der Waals surface area (Å²) in [6.07, 6.45) is 23.4. The summed E-state index contributed by atoms with van der Waals surface area (Å²) < 4.78 is 1.34. The van der Waals surface area contributed by atoms with Crippen molar-refractivity contribution in [3.8, 4) is 0 Å². The van der Waals surface area contributed by atoms with E-state index in [9.17, 15) is 0 Å². The number of rotatable bonds is 18. The third-order valence-corrected chi connectivity index (χ3v) is 7.95. The highest BCUT2D eigenvalue weighted by molar-refractivity contribution is 7.99. The van der Waals surface area contributed by atoms with Gasteiger partial charge in [-0.25, -0.2) is 0 Å². The van der Waals surface area contributed by atoms with Crippen LogP contribution in [-0.2, 0) is 0 Å². The van der Waals surface area contributed by atoms with Crippen LogP contribution < -0.4 is 0 Å². The van der Waals surface area contributed by atoms with Crippen LogP contribution in [0.4, 0.5) is 0 Å². The highest BCUT2D eigenvalue weighted by atomic mass is 32.2. The Balaban J connectivity index is 1.74. The molecular formula is C24H50NS+. The third kappa shape index (κ3) is 11.9. The molecule has 26 heavy (non-hydrogen) atoms. The van der Waals surface area contributed by atoms with Crippen molar-refractivity contribution < 1.29 is 4.48 Å². The maximum Gasteiger partial charge on any atom is 0.0951 e. The molecule has 0 bridgehead atoms. The van der Waals surface area contributed by atoms with E-state index in [1.54, 1.807) is 0 Å². The van der Waals surface area contributed by atoms with Gasteiger partial charge in [-0.1, -0.05) is 90.4 Å². The fraction of sp³-hybridized carbons (Fsp3) is 1.00. The molecule has 1 unspecified atom stereocenters. The Kier molecular flexibility index (Phi) is 15.2. The minimum Gasteiger partial charge on any atom is -0.323 e. The van der Waals surface area contributed by atoms with Crippen LogP contribution in [0.3, 0.4) is 0 Å². The first-order chi connectivity index (χ1) is 12.7. The molecule has 0 N–H and O–H groups in total. The van der Waals surface area contributed by atoms with E-state index in [2.05, 4.69) is 32.7 Å². The molecule has 156 valence electrons. The number of thioether (sulfide) groups is 1. The van der Waals surface area contributed by atoms with Gasteiger partial charge in [0.25, 0.3) is 0 Å². The molecular weight excluding hydrogens is 334 g/mol. The van der Waals surface area contributed by atoms with Crippen LogP contribution >= 0.6 is 11.8 Å². The van der Waals surface area contributed by atoms with Crippen molar-refractivity contribution in [2.75, 3.05) is 31.6 Å². The van der Waals surface area contributed by atoms with E-state index < -0.39 is 0 Å². The Morgan fingerprint density at radius 2 is 1.12 bits per heavy atom. The summed E-state index contributed by atoms with van der Waals surface area (Å²) in [5.41, 5.74) is 0. The third-order valence-electron chi connectivity index (χ3n) is 6.65. The smallest absolute Gasteiger partial charge is 0.0951 e. The van der Waals surface area contributed by atoms with Crippen molar-refractivity contribution in [1.82, 2.24) is 0 Å². The van der Waals surface area contributed by atoms with Crippen LogP contribution in [0.2, 0.25) is 0 Å². The number of hydrogen-bond acceptors (Lipinski definition) is 1. The monoisotopic (exact) mass is 384 g/mol. The highest BCUT2D eigenvalue weighted by Crippen LogP contribution is 2.23. The second-order valence-electron chi connectivity index (χ2n) is 9.15. The van der Waals surface area contributed by atoms with Crippen molar-refractivity contribution in [1.29, 1.82) is 0 Å². The van der Waals surface area contributed by atoms with Gasteiger partial charge in [0, 0.05) is 18.6 Å². The Labute approximate surface area is 170 Å². The van der Waals surface area contributed by atoms with Gasteiger partial charge < -0.3 is 4.48 Å². The van der Waals surface area contributed by atoms with E-state index >= 15 is 0 Å². The molecule has 0 amide bonds. The minimum absolute atomic E-state index is 0.856. The zero-order chi connectivity index (χ0) is 18.9. The molecule has 2 heteroatoms. The van der Waals surface area contributed by atoms with Crippen LogP contribution in [0.15, 0.2) is 0 Å². The molecule has 1 fully saturated rings. The largest absolute Gasteiger partial charge is 0.323 e. The highest BCUT2D eigenvalue weighted by Gasteiger charge is 2.32. The van der Waals surface area contributed by atoms with E-state index in [1.165, 1.54) is 132 Å². The minimum atomic E-state index is 0.856. The zero-order valence-electron chi connectivity index (χ0n) is 18.6. The summed E-state index contributed by atoms with van der Waals surface area (Å²) in [4.78, 5) is 0. The average Bonchev–Trinajstić information content (AvgIpc) is 3.09. The summed E-state index contributed by atoms with van der Waals surface area (Å²) >= 11 is 2.22. The number of quaternary nitrogens is 1. The van der Waals surface area contributed by atoms with E-state index in [1.807, 2.05) is 0 Å². The standard InChI is InChI=1S/C24H50NS/c1-4-5-6-7-8-9-10-11-12-13-14-15-16-19-22-26-23-24(2)25(3)20-17-18-21-25/h24H,4-23H2,1-3H3/q+1. The van der Waals surface area contributed by atoms with Gasteiger partial charge in [0.1, 0.15) is 0 Å². The number of hydrogen-bond donors (Lipinski definition) is 0. The number of likely N-dealkylation sites (tertiary alicyclic amines) is 1. The van der Waals surface area contributed by atoms with E-state index in [4.69, 9.17) is 0 Å². The molecule has 1 nitrogen and oxygen atoms in total. The summed E-state index contributed by atoms with van der Waals surface area (Å²) in [7, 11) is 2.48. The van der Waals surface area contributed by atoms with Gasteiger partial charge in [0.15, 0.2) is 0 Å². The van der Waals surface area contributed by atoms with Crippen LogP contribution in [0.1, 0.15) is 117 Å². The first-order valence-corrected chi connectivity index (χ1v) is 13.3. The van der Waals surface area contributed by atoms with E-state index in [-0.39, 0.29) is 0 Å². The second kappa shape index (κ2) is 16.3. The van der Waals surface area contributed by atoms with Gasteiger partial charge >= 0.3 is 0 Å². The van der Waals surface area contributed by atoms with Crippen molar-refractivity contribution in [3.05, 3.63) is 0 Å². The van der Waals surface area contributed by atoms with Crippen molar-refractivity contribution in [2.45, 2.75) is 123 Å². The number of unbranched alkanes of at least 4 members (excludes halogenated alkanes) is 13. The average molecular weight is 385 g/mol. The lowest BCUT2D eigenvalue weighted by atomic mass is 10.0. The maximum atomic E-state index is 2.48. The molecule has 1 aliphatic rings. The molecule has 1 saturated heterocycles. The molecule has 1 heterocycles. The normalized spacial score (nSPS) is 17.7. The summed E-state index contributed by atoms with van der Waals surface area (Å²) in [6, 6.07) is 0.856. The molecule has 1 aliphatic heterocycles. The molecule has 1 rings (SSSR count). The predicted molar refractivity (Wildman–Crippen MR) is 122 cm³/mol. The Morgan fingerprint density at radius 1 is 0.692 bits per heavy atom. The van der Waals surface area contributed by atoms with Crippen molar-refractivity contribution >= 4 is 11.8 Å².